The van der Waals surface area contributed by atoms with Crippen molar-refractivity contribution in [3.63, 3.8) is 0 Å². The van der Waals surface area contributed by atoms with Gasteiger partial charge in [0.2, 0.25) is 4.80 Å². The van der Waals surface area contributed by atoms with Crippen LogP contribution in [-0.4, -0.2) is 19.8 Å². The summed E-state index contributed by atoms with van der Waals surface area (Å²) in [5, 5.41) is 9.00. The monoisotopic (exact) mass is 563 g/mol. The van der Waals surface area contributed by atoms with E-state index in [9.17, 15) is 4.79 Å². The zero-order chi connectivity index (χ0) is 24.5. The number of hydrogen-bond donors (Lipinski definition) is 0. The molecule has 0 atom stereocenters. The van der Waals surface area contributed by atoms with E-state index in [-0.39, 0.29) is 5.56 Å². The summed E-state index contributed by atoms with van der Waals surface area (Å²) in [5.74, 6) is 0. The number of hydrogen-bond acceptors (Lipinski definition) is 5. The van der Waals surface area contributed by atoms with Crippen LogP contribution in [0.2, 0.25) is 0 Å². The molecule has 0 aliphatic rings. The maximum absolute atomic E-state index is 13.5. The highest BCUT2D eigenvalue weighted by molar-refractivity contribution is 9.10. The van der Waals surface area contributed by atoms with E-state index in [0.717, 1.165) is 37.7 Å². The molecule has 0 saturated heterocycles. The number of nitrogens with zero attached hydrogens (tertiary/aromatic N) is 5. The fraction of sp³-hybridized carbons (Fsp3) is 0.115. The lowest BCUT2D eigenvalue weighted by Gasteiger charge is -2.07. The van der Waals surface area contributed by atoms with Crippen LogP contribution in [0.15, 0.2) is 96.9 Å². The van der Waals surface area contributed by atoms with Crippen molar-refractivity contribution >= 4 is 50.0 Å². The summed E-state index contributed by atoms with van der Waals surface area (Å²) in [6.45, 7) is 3.90. The average molecular weight is 565 g/mol. The van der Waals surface area contributed by atoms with Gasteiger partial charge in [-0.2, -0.15) is 5.10 Å². The van der Waals surface area contributed by atoms with E-state index in [2.05, 4.69) is 15.9 Å². The standard InChI is InChI=1S/C26H22BrN5OS2/c1-17(23-10-7-15-34-23)29-31-22(19-11-13-20(27)14-12-19)16-35-26(31)28-24-18(2)30(3)32(25(24)33)21-8-5-4-6-9-21/h4-16H,1-3H3. The Morgan fingerprint density at radius 1 is 0.971 bits per heavy atom. The lowest BCUT2D eigenvalue weighted by Crippen LogP contribution is -2.20. The molecule has 35 heavy (non-hydrogen) atoms. The van der Waals surface area contributed by atoms with Crippen molar-refractivity contribution in [2.24, 2.45) is 17.1 Å². The first kappa shape index (κ1) is 23.5. The van der Waals surface area contributed by atoms with Crippen molar-refractivity contribution in [3.8, 4) is 16.9 Å². The molecule has 9 heteroatoms. The van der Waals surface area contributed by atoms with E-state index in [1.54, 1.807) is 16.0 Å². The maximum atomic E-state index is 13.5. The molecule has 0 unspecified atom stereocenters. The molecule has 176 valence electrons. The van der Waals surface area contributed by atoms with Gasteiger partial charge in [-0.1, -0.05) is 52.3 Å². The molecule has 0 spiro atoms. The molecule has 0 aliphatic heterocycles. The molecule has 0 radical (unpaired) electrons. The van der Waals surface area contributed by atoms with E-state index in [1.807, 2.05) is 108 Å². The number of para-hydroxylation sites is 1. The third-order valence-electron chi connectivity index (χ3n) is 5.68. The topological polar surface area (TPSA) is 56.6 Å². The summed E-state index contributed by atoms with van der Waals surface area (Å²) in [5.41, 5.74) is 4.62. The number of halogens is 1. The summed E-state index contributed by atoms with van der Waals surface area (Å²) in [6.07, 6.45) is 0. The molecule has 0 bridgehead atoms. The smallest absolute Gasteiger partial charge is 0.283 e. The second kappa shape index (κ2) is 9.77. The second-order valence-electron chi connectivity index (χ2n) is 7.91. The number of benzene rings is 2. The normalized spacial score (nSPS) is 12.5. The van der Waals surface area contributed by atoms with Gasteiger partial charge in [-0.05, 0) is 49.6 Å². The highest BCUT2D eigenvalue weighted by atomic mass is 79.9. The summed E-state index contributed by atoms with van der Waals surface area (Å²) in [4.78, 5) is 20.0. The molecular weight excluding hydrogens is 542 g/mol. The van der Waals surface area contributed by atoms with Crippen molar-refractivity contribution in [2.45, 2.75) is 13.8 Å². The molecule has 3 aromatic heterocycles. The van der Waals surface area contributed by atoms with Crippen molar-refractivity contribution in [3.05, 3.63) is 108 Å². The number of thiophene rings is 1. The van der Waals surface area contributed by atoms with Crippen LogP contribution in [-0.2, 0) is 7.05 Å². The van der Waals surface area contributed by atoms with Gasteiger partial charge < -0.3 is 0 Å². The molecule has 2 aromatic carbocycles. The Balaban J connectivity index is 1.73. The zero-order valence-corrected chi connectivity index (χ0v) is 22.6. The van der Waals surface area contributed by atoms with Crippen molar-refractivity contribution in [1.82, 2.24) is 14.0 Å². The van der Waals surface area contributed by atoms with Gasteiger partial charge in [0.05, 0.1) is 27.7 Å². The van der Waals surface area contributed by atoms with E-state index in [0.29, 0.717) is 10.5 Å². The highest BCUT2D eigenvalue weighted by Crippen LogP contribution is 2.24. The van der Waals surface area contributed by atoms with Gasteiger partial charge in [0.25, 0.3) is 5.56 Å². The van der Waals surface area contributed by atoms with Crippen LogP contribution in [0.3, 0.4) is 0 Å². The highest BCUT2D eigenvalue weighted by Gasteiger charge is 2.17. The van der Waals surface area contributed by atoms with Crippen LogP contribution in [0.25, 0.3) is 16.9 Å². The minimum absolute atomic E-state index is 0.166. The Hall–Kier alpha value is -3.27. The molecule has 0 amide bonds. The quantitative estimate of drug-likeness (QED) is 0.230. The molecular formula is C26H22BrN5OS2. The van der Waals surface area contributed by atoms with Gasteiger partial charge in [-0.3, -0.25) is 9.48 Å². The lowest BCUT2D eigenvalue weighted by molar-refractivity contribution is 0.630. The first-order chi connectivity index (χ1) is 16.9. The Morgan fingerprint density at radius 3 is 2.40 bits per heavy atom. The van der Waals surface area contributed by atoms with Crippen LogP contribution in [0, 0.1) is 6.92 Å². The van der Waals surface area contributed by atoms with Gasteiger partial charge in [-0.15, -0.1) is 22.7 Å². The third-order valence-corrected chi connectivity index (χ3v) is 8.01. The van der Waals surface area contributed by atoms with E-state index < -0.39 is 0 Å². The first-order valence-corrected chi connectivity index (χ1v) is 13.4. The average Bonchev–Trinajstić information content (AvgIpc) is 3.58. The summed E-state index contributed by atoms with van der Waals surface area (Å²) in [7, 11) is 1.87. The van der Waals surface area contributed by atoms with Gasteiger partial charge >= 0.3 is 0 Å². The van der Waals surface area contributed by atoms with Gasteiger partial charge in [-0.25, -0.2) is 14.4 Å². The summed E-state index contributed by atoms with van der Waals surface area (Å²) < 4.78 is 6.32. The number of thiazole rings is 1. The van der Waals surface area contributed by atoms with E-state index >= 15 is 0 Å². The van der Waals surface area contributed by atoms with Crippen LogP contribution in [0.5, 0.6) is 0 Å². The van der Waals surface area contributed by atoms with Crippen LogP contribution < -0.4 is 10.4 Å². The number of rotatable bonds is 5. The molecule has 0 fully saturated rings. The Kier molecular flexibility index (Phi) is 6.55. The summed E-state index contributed by atoms with van der Waals surface area (Å²) in [6, 6.07) is 21.7. The minimum atomic E-state index is -0.166. The number of aromatic nitrogens is 3. The van der Waals surface area contributed by atoms with Crippen LogP contribution in [0.4, 0.5) is 5.69 Å². The molecule has 5 rings (SSSR count). The third kappa shape index (κ3) is 4.54. The largest absolute Gasteiger partial charge is 0.297 e. The lowest BCUT2D eigenvalue weighted by atomic mass is 10.2. The molecule has 5 aromatic rings. The second-order valence-corrected chi connectivity index (χ2v) is 10.6. The van der Waals surface area contributed by atoms with Crippen LogP contribution >= 0.6 is 38.6 Å². The molecule has 0 N–H and O–H groups in total. The van der Waals surface area contributed by atoms with Crippen molar-refractivity contribution in [1.29, 1.82) is 0 Å². The fourth-order valence-corrected chi connectivity index (χ4v) is 5.53. The Labute approximate surface area is 218 Å². The maximum Gasteiger partial charge on any atom is 0.297 e. The van der Waals surface area contributed by atoms with Crippen molar-refractivity contribution < 1.29 is 0 Å². The molecule has 0 saturated carbocycles. The predicted molar refractivity (Wildman–Crippen MR) is 148 cm³/mol. The summed E-state index contributed by atoms with van der Waals surface area (Å²) >= 11 is 6.61. The van der Waals surface area contributed by atoms with Gasteiger partial charge in [0, 0.05) is 22.5 Å². The minimum Gasteiger partial charge on any atom is -0.283 e. The SMILES string of the molecule is CC(=Nn1c(-c2ccc(Br)cc2)csc1=Nc1c(C)n(C)n(-c2ccccc2)c1=O)c1cccs1. The predicted octanol–water partition coefficient (Wildman–Crippen LogP) is 6.34. The molecule has 6 nitrogen and oxygen atoms in total. The van der Waals surface area contributed by atoms with Gasteiger partial charge in [0.1, 0.15) is 0 Å². The molecule has 3 heterocycles. The van der Waals surface area contributed by atoms with E-state index in [1.165, 1.54) is 11.3 Å². The zero-order valence-electron chi connectivity index (χ0n) is 19.3. The fourth-order valence-electron chi connectivity index (χ4n) is 3.76. The van der Waals surface area contributed by atoms with E-state index in [4.69, 9.17) is 10.1 Å². The Bertz CT molecular complexity index is 1640. The Morgan fingerprint density at radius 2 is 1.71 bits per heavy atom. The first-order valence-electron chi connectivity index (χ1n) is 10.9. The van der Waals surface area contributed by atoms with Crippen LogP contribution in [0.1, 0.15) is 17.5 Å². The van der Waals surface area contributed by atoms with Gasteiger partial charge in [0.15, 0.2) is 5.69 Å². The van der Waals surface area contributed by atoms with Crippen molar-refractivity contribution in [2.75, 3.05) is 0 Å². The molecule has 0 aliphatic carbocycles.